The number of carbonyl (C=O) groups is 1. The summed E-state index contributed by atoms with van der Waals surface area (Å²) in [6.45, 7) is 0. The maximum atomic E-state index is 10.9. The SMILES string of the molecule is O=C(O)/C1=N/O/C(Oc2ccc(Cl)cc2Cl)=C/CCC1. The van der Waals surface area contributed by atoms with Gasteiger partial charge in [0.15, 0.2) is 5.71 Å². The average Bonchev–Trinajstić information content (AvgIpc) is 2.35. The molecule has 1 aliphatic rings. The zero-order valence-corrected chi connectivity index (χ0v) is 11.8. The molecule has 0 aliphatic carbocycles. The van der Waals surface area contributed by atoms with Crippen LogP contribution in [-0.2, 0) is 9.63 Å². The Morgan fingerprint density at radius 2 is 2.20 bits per heavy atom. The molecular formula is C13H11Cl2NO4. The highest BCUT2D eigenvalue weighted by Crippen LogP contribution is 2.29. The number of carboxylic acid groups (broad SMARTS) is 1. The first-order valence-electron chi connectivity index (χ1n) is 5.86. The Kier molecular flexibility index (Phi) is 4.87. The van der Waals surface area contributed by atoms with Gasteiger partial charge in [0.1, 0.15) is 5.75 Å². The second-order valence-corrected chi connectivity index (χ2v) is 4.87. The van der Waals surface area contributed by atoms with Gasteiger partial charge >= 0.3 is 11.9 Å². The highest BCUT2D eigenvalue weighted by molar-refractivity contribution is 6.35. The zero-order chi connectivity index (χ0) is 14.5. The van der Waals surface area contributed by atoms with Gasteiger partial charge in [-0.2, -0.15) is 0 Å². The minimum atomic E-state index is -1.10. The first-order valence-corrected chi connectivity index (χ1v) is 6.62. The van der Waals surface area contributed by atoms with Gasteiger partial charge in [-0.1, -0.05) is 28.4 Å². The van der Waals surface area contributed by atoms with Gasteiger partial charge in [0, 0.05) is 11.4 Å². The van der Waals surface area contributed by atoms with Gasteiger partial charge < -0.3 is 14.7 Å². The fraction of sp³-hybridized carbons (Fsp3) is 0.231. The molecule has 20 heavy (non-hydrogen) atoms. The van der Waals surface area contributed by atoms with E-state index in [1.54, 1.807) is 18.2 Å². The van der Waals surface area contributed by atoms with Crippen LogP contribution in [0.5, 0.6) is 5.75 Å². The number of carboxylic acids is 1. The quantitative estimate of drug-likeness (QED) is 0.919. The smallest absolute Gasteiger partial charge is 0.353 e. The number of hydrogen-bond donors (Lipinski definition) is 1. The number of allylic oxidation sites excluding steroid dienone is 1. The minimum absolute atomic E-state index is 0.0404. The number of nitrogens with zero attached hydrogens (tertiary/aromatic N) is 1. The predicted molar refractivity (Wildman–Crippen MR) is 75.2 cm³/mol. The highest BCUT2D eigenvalue weighted by Gasteiger charge is 2.14. The first kappa shape index (κ1) is 14.7. The van der Waals surface area contributed by atoms with Crippen LogP contribution >= 0.6 is 23.2 Å². The number of aliphatic carboxylic acids is 1. The second-order valence-electron chi connectivity index (χ2n) is 4.03. The molecule has 2 rings (SSSR count). The molecule has 1 aliphatic heterocycles. The molecule has 0 radical (unpaired) electrons. The summed E-state index contributed by atoms with van der Waals surface area (Å²) in [7, 11) is 0. The van der Waals surface area contributed by atoms with Crippen molar-refractivity contribution in [1.82, 2.24) is 0 Å². The third-order valence-corrected chi connectivity index (χ3v) is 3.06. The third kappa shape index (κ3) is 3.88. The molecule has 0 amide bonds. The molecule has 0 saturated carbocycles. The number of halogens is 2. The molecule has 7 heteroatoms. The molecule has 1 heterocycles. The molecule has 0 saturated heterocycles. The van der Waals surface area contributed by atoms with Crippen LogP contribution in [-0.4, -0.2) is 16.8 Å². The molecule has 1 aromatic rings. The number of oxime groups is 1. The Labute approximate surface area is 125 Å². The Bertz CT molecular complexity index is 584. The lowest BCUT2D eigenvalue weighted by atomic mass is 10.1. The van der Waals surface area contributed by atoms with Crippen molar-refractivity contribution in [2.24, 2.45) is 5.16 Å². The van der Waals surface area contributed by atoms with Crippen LogP contribution in [0.4, 0.5) is 0 Å². The fourth-order valence-electron chi connectivity index (χ4n) is 1.55. The van der Waals surface area contributed by atoms with Crippen molar-refractivity contribution >= 4 is 34.9 Å². The van der Waals surface area contributed by atoms with Crippen LogP contribution in [0.2, 0.25) is 10.0 Å². The van der Waals surface area contributed by atoms with Gasteiger partial charge in [-0.05, 0) is 37.1 Å². The van der Waals surface area contributed by atoms with Crippen molar-refractivity contribution < 1.29 is 19.5 Å². The van der Waals surface area contributed by atoms with Crippen molar-refractivity contribution in [2.45, 2.75) is 19.3 Å². The Morgan fingerprint density at radius 1 is 1.40 bits per heavy atom. The summed E-state index contributed by atoms with van der Waals surface area (Å²) in [6, 6.07) is 4.75. The average molecular weight is 316 g/mol. The topological polar surface area (TPSA) is 68.1 Å². The summed E-state index contributed by atoms with van der Waals surface area (Å²) in [5.41, 5.74) is -0.0404. The molecule has 0 atom stereocenters. The molecule has 0 bridgehead atoms. The largest absolute Gasteiger partial charge is 0.477 e. The van der Waals surface area contributed by atoms with E-state index < -0.39 is 5.97 Å². The summed E-state index contributed by atoms with van der Waals surface area (Å²) in [5.74, 6) is -0.654. The van der Waals surface area contributed by atoms with Crippen LogP contribution in [0, 0.1) is 0 Å². The maximum absolute atomic E-state index is 10.9. The van der Waals surface area contributed by atoms with E-state index in [0.29, 0.717) is 35.1 Å². The van der Waals surface area contributed by atoms with Gasteiger partial charge in [0.25, 0.3) is 0 Å². The van der Waals surface area contributed by atoms with Crippen molar-refractivity contribution in [3.05, 3.63) is 40.3 Å². The molecule has 1 N–H and O–H groups in total. The Balaban J connectivity index is 2.13. The molecule has 0 fully saturated rings. The lowest BCUT2D eigenvalue weighted by Crippen LogP contribution is -2.15. The molecule has 5 nitrogen and oxygen atoms in total. The van der Waals surface area contributed by atoms with E-state index in [9.17, 15) is 4.79 Å². The molecule has 1 aromatic carbocycles. The van der Waals surface area contributed by atoms with Crippen molar-refractivity contribution in [1.29, 1.82) is 0 Å². The zero-order valence-electron chi connectivity index (χ0n) is 10.3. The Morgan fingerprint density at radius 3 is 2.90 bits per heavy atom. The number of hydrogen-bond acceptors (Lipinski definition) is 4. The van der Waals surface area contributed by atoms with Crippen molar-refractivity contribution in [3.63, 3.8) is 0 Å². The van der Waals surface area contributed by atoms with E-state index in [0.717, 1.165) is 0 Å². The third-order valence-electron chi connectivity index (χ3n) is 2.53. The number of rotatable bonds is 3. The van der Waals surface area contributed by atoms with Crippen LogP contribution in [0.1, 0.15) is 19.3 Å². The van der Waals surface area contributed by atoms with E-state index >= 15 is 0 Å². The molecular weight excluding hydrogens is 305 g/mol. The van der Waals surface area contributed by atoms with E-state index in [4.69, 9.17) is 37.9 Å². The first-order chi connectivity index (χ1) is 9.56. The normalized spacial score (nSPS) is 20.5. The molecule has 0 spiro atoms. The predicted octanol–water partition coefficient (Wildman–Crippen LogP) is 3.85. The van der Waals surface area contributed by atoms with Crippen LogP contribution in [0.15, 0.2) is 35.4 Å². The summed E-state index contributed by atoms with van der Waals surface area (Å²) in [4.78, 5) is 15.9. The summed E-state index contributed by atoms with van der Waals surface area (Å²) in [6.07, 6.45) is 3.30. The van der Waals surface area contributed by atoms with Gasteiger partial charge in [-0.15, -0.1) is 0 Å². The van der Waals surface area contributed by atoms with E-state index in [1.165, 1.54) is 6.07 Å². The maximum Gasteiger partial charge on any atom is 0.353 e. The van der Waals surface area contributed by atoms with E-state index in [1.807, 2.05) is 0 Å². The van der Waals surface area contributed by atoms with Crippen molar-refractivity contribution in [3.8, 4) is 5.75 Å². The van der Waals surface area contributed by atoms with Gasteiger partial charge in [-0.3, -0.25) is 0 Å². The van der Waals surface area contributed by atoms with E-state index in [-0.39, 0.29) is 11.7 Å². The molecule has 106 valence electrons. The Hall–Kier alpha value is -1.72. The summed E-state index contributed by atoms with van der Waals surface area (Å²) in [5, 5.41) is 13.3. The number of benzene rings is 1. The summed E-state index contributed by atoms with van der Waals surface area (Å²) < 4.78 is 5.45. The van der Waals surface area contributed by atoms with Crippen molar-refractivity contribution in [2.75, 3.05) is 0 Å². The lowest BCUT2D eigenvalue weighted by molar-refractivity contribution is -0.129. The van der Waals surface area contributed by atoms with Crippen LogP contribution < -0.4 is 4.74 Å². The molecule has 0 aromatic heterocycles. The lowest BCUT2D eigenvalue weighted by Gasteiger charge is -2.11. The number of ether oxygens (including phenoxy) is 1. The van der Waals surface area contributed by atoms with Gasteiger partial charge in [0.2, 0.25) is 0 Å². The fourth-order valence-corrected chi connectivity index (χ4v) is 1.99. The van der Waals surface area contributed by atoms with Crippen LogP contribution in [0.25, 0.3) is 0 Å². The van der Waals surface area contributed by atoms with Gasteiger partial charge in [-0.25, -0.2) is 4.79 Å². The van der Waals surface area contributed by atoms with Crippen LogP contribution in [0.3, 0.4) is 0 Å². The molecule has 0 unspecified atom stereocenters. The van der Waals surface area contributed by atoms with E-state index in [2.05, 4.69) is 5.16 Å². The summed E-state index contributed by atoms with van der Waals surface area (Å²) >= 11 is 11.8. The van der Waals surface area contributed by atoms with Gasteiger partial charge in [0.05, 0.1) is 5.02 Å². The highest BCUT2D eigenvalue weighted by atomic mass is 35.5. The monoisotopic (exact) mass is 315 g/mol. The second kappa shape index (κ2) is 6.63. The standard InChI is InChI=1S/C13H11Cl2NO4/c14-8-5-6-11(9(15)7-8)19-12-4-2-1-3-10(13(17)18)16-20-12/h4-7H,1-3H2,(H,17,18)/b12-4+,16-10+. The minimum Gasteiger partial charge on any atom is -0.477 e.